The van der Waals surface area contributed by atoms with Crippen molar-refractivity contribution in [2.24, 2.45) is 0 Å². The maximum absolute atomic E-state index is 12.7. The lowest BCUT2D eigenvalue weighted by Gasteiger charge is -2.14. The largest absolute Gasteiger partial charge is 0.497 e. The molecule has 168 valence electrons. The summed E-state index contributed by atoms with van der Waals surface area (Å²) in [5.41, 5.74) is 4.13. The predicted molar refractivity (Wildman–Crippen MR) is 135 cm³/mol. The van der Waals surface area contributed by atoms with Crippen LogP contribution in [0.2, 0.25) is 0 Å². The molecule has 0 fully saturated rings. The van der Waals surface area contributed by atoms with Crippen molar-refractivity contribution in [3.63, 3.8) is 0 Å². The first-order valence-electron chi connectivity index (χ1n) is 9.89. The van der Waals surface area contributed by atoms with Gasteiger partial charge in [-0.1, -0.05) is 15.9 Å². The fourth-order valence-electron chi connectivity index (χ4n) is 3.36. The number of anilines is 1. The molecule has 0 aliphatic carbocycles. The maximum Gasteiger partial charge on any atom is 0.261 e. The number of nitrogens with zero attached hydrogens (tertiary/aromatic N) is 1. The van der Waals surface area contributed by atoms with Gasteiger partial charge in [0.15, 0.2) is 10.7 Å². The van der Waals surface area contributed by atoms with Crippen LogP contribution in [-0.4, -0.2) is 30.2 Å². The second-order valence-corrected chi connectivity index (χ2v) is 8.47. The molecule has 3 aromatic carbocycles. The molecule has 1 amide bonds. The molecule has 0 radical (unpaired) electrons. The maximum atomic E-state index is 12.7. The number of hydrogen-bond acceptors (Lipinski definition) is 6. The number of fused-ring (bicyclic) bond motifs is 1. The summed E-state index contributed by atoms with van der Waals surface area (Å²) in [5, 5.41) is 5.86. The van der Waals surface area contributed by atoms with Crippen LogP contribution in [0.5, 0.6) is 11.5 Å². The van der Waals surface area contributed by atoms with E-state index in [2.05, 4.69) is 31.5 Å². The molecular weight excluding hydrogens is 506 g/mol. The lowest BCUT2D eigenvalue weighted by atomic mass is 10.1. The minimum Gasteiger partial charge on any atom is -0.497 e. The molecule has 33 heavy (non-hydrogen) atoms. The Morgan fingerprint density at radius 1 is 1.06 bits per heavy atom. The molecule has 0 bridgehead atoms. The SMILES string of the molecule is COc1ccc2oc(-c3ccc(NC(=S)NC(=O)c4cc(Br)cc(C)c4OC)cc3)nc2c1. The average molecular weight is 526 g/mol. The quantitative estimate of drug-likeness (QED) is 0.322. The normalized spacial score (nSPS) is 10.7. The van der Waals surface area contributed by atoms with Gasteiger partial charge in [0.2, 0.25) is 5.89 Å². The van der Waals surface area contributed by atoms with Gasteiger partial charge in [-0.3, -0.25) is 10.1 Å². The summed E-state index contributed by atoms with van der Waals surface area (Å²) in [6, 6.07) is 16.4. The molecule has 2 N–H and O–H groups in total. The van der Waals surface area contributed by atoms with Crippen LogP contribution < -0.4 is 20.1 Å². The molecule has 1 aromatic heterocycles. The van der Waals surface area contributed by atoms with Gasteiger partial charge in [-0.2, -0.15) is 0 Å². The summed E-state index contributed by atoms with van der Waals surface area (Å²) in [6.45, 7) is 1.87. The number of carbonyl (C=O) groups excluding carboxylic acids is 1. The number of benzene rings is 3. The summed E-state index contributed by atoms with van der Waals surface area (Å²) in [6.07, 6.45) is 0. The Bertz CT molecular complexity index is 1350. The standard InChI is InChI=1S/C24H20BrN3O4S/c1-13-10-15(25)11-18(21(13)31-3)22(29)28-24(33)26-16-6-4-14(5-7-16)23-27-19-12-17(30-2)8-9-20(19)32-23/h4-12H,1-3H3,(H2,26,28,29,33). The van der Waals surface area contributed by atoms with E-state index >= 15 is 0 Å². The van der Waals surface area contributed by atoms with Gasteiger partial charge < -0.3 is 19.2 Å². The van der Waals surface area contributed by atoms with Gasteiger partial charge in [0.25, 0.3) is 5.91 Å². The third-order valence-electron chi connectivity index (χ3n) is 4.90. The van der Waals surface area contributed by atoms with Gasteiger partial charge >= 0.3 is 0 Å². The van der Waals surface area contributed by atoms with Crippen molar-refractivity contribution in [2.45, 2.75) is 6.92 Å². The van der Waals surface area contributed by atoms with E-state index < -0.39 is 0 Å². The van der Waals surface area contributed by atoms with E-state index in [0.29, 0.717) is 39.7 Å². The van der Waals surface area contributed by atoms with Crippen LogP contribution in [0.25, 0.3) is 22.6 Å². The molecule has 7 nitrogen and oxygen atoms in total. The molecule has 0 spiro atoms. The van der Waals surface area contributed by atoms with E-state index in [1.807, 2.05) is 55.5 Å². The number of methoxy groups -OCH3 is 2. The zero-order chi connectivity index (χ0) is 23.5. The molecule has 1 heterocycles. The fourth-order valence-corrected chi connectivity index (χ4v) is 4.14. The molecule has 4 aromatic rings. The monoisotopic (exact) mass is 525 g/mol. The first-order valence-corrected chi connectivity index (χ1v) is 11.1. The molecule has 0 saturated carbocycles. The molecule has 0 aliphatic rings. The van der Waals surface area contributed by atoms with Gasteiger partial charge in [0.05, 0.1) is 19.8 Å². The number of nitrogens with one attached hydrogen (secondary N) is 2. The van der Waals surface area contributed by atoms with Crippen molar-refractivity contribution in [2.75, 3.05) is 19.5 Å². The Labute approximate surface area is 204 Å². The van der Waals surface area contributed by atoms with E-state index in [1.54, 1.807) is 13.2 Å². The minimum absolute atomic E-state index is 0.168. The van der Waals surface area contributed by atoms with E-state index in [4.69, 9.17) is 26.1 Å². The number of aryl methyl sites for hydroxylation is 1. The van der Waals surface area contributed by atoms with Gasteiger partial charge in [-0.05, 0) is 73.2 Å². The molecule has 4 rings (SSSR count). The number of halogens is 1. The van der Waals surface area contributed by atoms with Crippen LogP contribution in [0, 0.1) is 6.92 Å². The van der Waals surface area contributed by atoms with Crippen molar-refractivity contribution < 1.29 is 18.7 Å². The third kappa shape index (κ3) is 4.99. The van der Waals surface area contributed by atoms with Crippen LogP contribution in [0.1, 0.15) is 15.9 Å². The zero-order valence-corrected chi connectivity index (χ0v) is 20.5. The average Bonchev–Trinajstić information content (AvgIpc) is 3.22. The topological polar surface area (TPSA) is 85.6 Å². The predicted octanol–water partition coefficient (Wildman–Crippen LogP) is 5.71. The number of rotatable bonds is 5. The van der Waals surface area contributed by atoms with Crippen molar-refractivity contribution in [1.29, 1.82) is 0 Å². The number of amides is 1. The molecule has 0 unspecified atom stereocenters. The van der Waals surface area contributed by atoms with Crippen LogP contribution in [0.4, 0.5) is 5.69 Å². The van der Waals surface area contributed by atoms with Crippen LogP contribution in [0.15, 0.2) is 63.5 Å². The van der Waals surface area contributed by atoms with Gasteiger partial charge in [-0.25, -0.2) is 4.98 Å². The Hall–Kier alpha value is -3.43. The summed E-state index contributed by atoms with van der Waals surface area (Å²) in [4.78, 5) is 17.3. The van der Waals surface area contributed by atoms with Crippen LogP contribution in [-0.2, 0) is 0 Å². The number of aromatic nitrogens is 1. The van der Waals surface area contributed by atoms with Crippen LogP contribution >= 0.6 is 28.1 Å². The number of ether oxygens (including phenoxy) is 2. The third-order valence-corrected chi connectivity index (χ3v) is 5.56. The number of carbonyl (C=O) groups is 1. The summed E-state index contributed by atoms with van der Waals surface area (Å²) in [5.74, 6) is 1.34. The zero-order valence-electron chi connectivity index (χ0n) is 18.1. The van der Waals surface area contributed by atoms with Crippen molar-refractivity contribution in [3.05, 3.63) is 70.2 Å². The number of hydrogen-bond donors (Lipinski definition) is 2. The number of oxazole rings is 1. The van der Waals surface area contributed by atoms with Gasteiger partial charge in [0.1, 0.15) is 17.0 Å². The molecule has 0 saturated heterocycles. The summed E-state index contributed by atoms with van der Waals surface area (Å²) >= 11 is 8.72. The fraction of sp³-hybridized carbons (Fsp3) is 0.125. The summed E-state index contributed by atoms with van der Waals surface area (Å²) in [7, 11) is 3.13. The molecular formula is C24H20BrN3O4S. The first-order chi connectivity index (χ1) is 15.9. The highest BCUT2D eigenvalue weighted by molar-refractivity contribution is 9.10. The highest BCUT2D eigenvalue weighted by Crippen LogP contribution is 2.29. The van der Waals surface area contributed by atoms with E-state index in [9.17, 15) is 4.79 Å². The summed E-state index contributed by atoms with van der Waals surface area (Å²) < 4.78 is 17.2. The molecule has 0 aliphatic heterocycles. The van der Waals surface area contributed by atoms with Gasteiger partial charge in [-0.15, -0.1) is 0 Å². The van der Waals surface area contributed by atoms with Crippen LogP contribution in [0.3, 0.4) is 0 Å². The van der Waals surface area contributed by atoms with Crippen molar-refractivity contribution in [3.8, 4) is 23.0 Å². The van der Waals surface area contributed by atoms with E-state index in [1.165, 1.54) is 7.11 Å². The number of thiocarbonyl (C=S) groups is 1. The second kappa shape index (κ2) is 9.60. The van der Waals surface area contributed by atoms with Crippen molar-refractivity contribution >= 4 is 56.0 Å². The molecule has 0 atom stereocenters. The highest BCUT2D eigenvalue weighted by atomic mass is 79.9. The Balaban J connectivity index is 1.45. The first kappa shape index (κ1) is 22.8. The smallest absolute Gasteiger partial charge is 0.261 e. The van der Waals surface area contributed by atoms with Crippen molar-refractivity contribution in [1.82, 2.24) is 10.3 Å². The Kier molecular flexibility index (Phi) is 6.62. The highest BCUT2D eigenvalue weighted by Gasteiger charge is 2.17. The molecule has 9 heteroatoms. The second-order valence-electron chi connectivity index (χ2n) is 7.14. The minimum atomic E-state index is -0.368. The Morgan fingerprint density at radius 2 is 1.82 bits per heavy atom. The Morgan fingerprint density at radius 3 is 2.52 bits per heavy atom. The van der Waals surface area contributed by atoms with Gasteiger partial charge in [0, 0.05) is 21.8 Å². The van der Waals surface area contributed by atoms with E-state index in [-0.39, 0.29) is 11.0 Å². The lowest BCUT2D eigenvalue weighted by Crippen LogP contribution is -2.34. The lowest BCUT2D eigenvalue weighted by molar-refractivity contribution is 0.0974. The van der Waals surface area contributed by atoms with E-state index in [0.717, 1.165) is 15.6 Å².